The van der Waals surface area contributed by atoms with Gasteiger partial charge in [-0.25, -0.2) is 9.97 Å². The molecule has 0 bridgehead atoms. The quantitative estimate of drug-likeness (QED) is 0.258. The van der Waals surface area contributed by atoms with Gasteiger partial charge in [-0.05, 0) is 37.6 Å². The third kappa shape index (κ3) is 4.27. The maximum Gasteiger partial charge on any atom is 0.449 e. The van der Waals surface area contributed by atoms with Crippen molar-refractivity contribution in [3.8, 4) is 11.4 Å². The zero-order valence-corrected chi connectivity index (χ0v) is 18.4. The molecule has 1 aromatic carbocycles. The van der Waals surface area contributed by atoms with Crippen molar-refractivity contribution < 1.29 is 26.3 Å². The molecule has 0 fully saturated rings. The minimum atomic E-state index is -4.70. The smallest absolute Gasteiger partial charge is 0.331 e. The maximum atomic E-state index is 13.3. The highest BCUT2D eigenvalue weighted by Crippen LogP contribution is 2.38. The third-order valence-corrected chi connectivity index (χ3v) is 5.87. The number of rotatable bonds is 5. The number of aromatic nitrogens is 4. The van der Waals surface area contributed by atoms with Crippen molar-refractivity contribution in [2.24, 2.45) is 19.1 Å². The van der Waals surface area contributed by atoms with E-state index in [1.165, 1.54) is 24.9 Å². The molecule has 0 aliphatic heterocycles. The van der Waals surface area contributed by atoms with E-state index < -0.39 is 23.9 Å². The van der Waals surface area contributed by atoms with Crippen LogP contribution in [-0.2, 0) is 20.3 Å². The Kier molecular flexibility index (Phi) is 6.20. The first-order valence-corrected chi connectivity index (χ1v) is 10.3. The van der Waals surface area contributed by atoms with E-state index in [4.69, 9.17) is 0 Å². The number of hydrogen-bond acceptors (Lipinski definition) is 4. The SMILES string of the molecule is C=N/C(=C\c1nc(-c2cc3nc(C(F)(F)F)n(C)c3cc2SCC)n(C)c1C)C(F)(F)F. The molecule has 172 valence electrons. The van der Waals surface area contributed by atoms with Gasteiger partial charge in [0.2, 0.25) is 5.82 Å². The lowest BCUT2D eigenvalue weighted by Crippen LogP contribution is -2.12. The topological polar surface area (TPSA) is 48.0 Å². The van der Waals surface area contributed by atoms with Gasteiger partial charge >= 0.3 is 12.4 Å². The number of aliphatic imine (C=N–C) groups is 1. The van der Waals surface area contributed by atoms with Crippen LogP contribution >= 0.6 is 11.8 Å². The molecule has 3 rings (SSSR count). The Balaban J connectivity index is 2.26. The molecule has 0 aliphatic rings. The summed E-state index contributed by atoms with van der Waals surface area (Å²) < 4.78 is 81.8. The number of nitrogens with zero attached hydrogens (tertiary/aromatic N) is 5. The average Bonchev–Trinajstić information content (AvgIpc) is 3.16. The molecule has 0 radical (unpaired) electrons. The fraction of sp³-hybridized carbons (Fsp3) is 0.350. The van der Waals surface area contributed by atoms with E-state index in [0.29, 0.717) is 33.2 Å². The first-order chi connectivity index (χ1) is 14.8. The lowest BCUT2D eigenvalue weighted by atomic mass is 10.2. The first kappa shape index (κ1) is 23.9. The molecule has 0 atom stereocenters. The van der Waals surface area contributed by atoms with Crippen LogP contribution in [0.4, 0.5) is 26.3 Å². The van der Waals surface area contributed by atoms with Crippen LogP contribution in [0, 0.1) is 6.92 Å². The van der Waals surface area contributed by atoms with Gasteiger partial charge in [0.25, 0.3) is 0 Å². The normalized spacial score (nSPS) is 13.2. The number of hydrogen-bond donors (Lipinski definition) is 0. The third-order valence-electron chi connectivity index (χ3n) is 4.93. The Morgan fingerprint density at radius 2 is 1.78 bits per heavy atom. The van der Waals surface area contributed by atoms with Gasteiger partial charge in [0.15, 0.2) is 0 Å². The molecule has 0 amide bonds. The number of fused-ring (bicyclic) bond motifs is 1. The van der Waals surface area contributed by atoms with Crippen LogP contribution in [-0.4, -0.2) is 37.7 Å². The van der Waals surface area contributed by atoms with Gasteiger partial charge in [0, 0.05) is 30.2 Å². The Hall–Kier alpha value is -2.76. The lowest BCUT2D eigenvalue weighted by Gasteiger charge is -2.10. The second-order valence-corrected chi connectivity index (χ2v) is 8.22. The molecule has 3 aromatic rings. The number of benzene rings is 1. The minimum Gasteiger partial charge on any atom is -0.331 e. The Labute approximate surface area is 183 Å². The highest BCUT2D eigenvalue weighted by Gasteiger charge is 2.37. The second kappa shape index (κ2) is 8.30. The van der Waals surface area contributed by atoms with Crippen LogP contribution in [0.15, 0.2) is 27.7 Å². The number of imidazole rings is 2. The second-order valence-electron chi connectivity index (χ2n) is 6.91. The first-order valence-electron chi connectivity index (χ1n) is 9.29. The number of alkyl halides is 6. The van der Waals surface area contributed by atoms with E-state index in [0.717, 1.165) is 10.6 Å². The standard InChI is InChI=1S/C20H19F6N5S/c1-6-32-15-9-14-13(29-18(31(14)5)20(24,25)26)7-11(15)17-28-12(10(2)30(17)4)8-16(27-3)19(21,22)23/h7-9H,3,6H2,1-2,4-5H3/b16-8-. The number of thioether (sulfide) groups is 1. The highest BCUT2D eigenvalue weighted by atomic mass is 32.2. The summed E-state index contributed by atoms with van der Waals surface area (Å²) in [6.45, 7) is 6.44. The van der Waals surface area contributed by atoms with Gasteiger partial charge in [-0.3, -0.25) is 4.99 Å². The van der Waals surface area contributed by atoms with Crippen LogP contribution in [0.25, 0.3) is 28.5 Å². The average molecular weight is 475 g/mol. The van der Waals surface area contributed by atoms with Crippen LogP contribution in [0.2, 0.25) is 0 Å². The lowest BCUT2D eigenvalue weighted by molar-refractivity contribution is -0.146. The van der Waals surface area contributed by atoms with E-state index in [9.17, 15) is 26.3 Å². The zero-order valence-electron chi connectivity index (χ0n) is 17.6. The van der Waals surface area contributed by atoms with E-state index in [1.54, 1.807) is 24.6 Å². The molecule has 0 spiro atoms. The molecule has 0 unspecified atom stereocenters. The van der Waals surface area contributed by atoms with Gasteiger partial charge in [0.05, 0.1) is 16.7 Å². The summed E-state index contributed by atoms with van der Waals surface area (Å²) in [6, 6.07) is 3.07. The molecule has 0 saturated carbocycles. The zero-order chi connectivity index (χ0) is 24.0. The fourth-order valence-corrected chi connectivity index (χ4v) is 4.06. The summed E-state index contributed by atoms with van der Waals surface area (Å²) in [6.07, 6.45) is -8.54. The monoisotopic (exact) mass is 475 g/mol. The summed E-state index contributed by atoms with van der Waals surface area (Å²) in [7, 11) is 2.90. The molecule has 2 aromatic heterocycles. The van der Waals surface area contributed by atoms with E-state index in [-0.39, 0.29) is 11.2 Å². The van der Waals surface area contributed by atoms with Crippen molar-refractivity contribution >= 4 is 35.6 Å². The van der Waals surface area contributed by atoms with Crippen molar-refractivity contribution in [3.63, 3.8) is 0 Å². The van der Waals surface area contributed by atoms with Crippen LogP contribution in [0.5, 0.6) is 0 Å². The molecule has 0 N–H and O–H groups in total. The van der Waals surface area contributed by atoms with Gasteiger partial charge in [-0.15, -0.1) is 11.8 Å². The van der Waals surface area contributed by atoms with Crippen molar-refractivity contribution in [2.45, 2.75) is 31.1 Å². The Morgan fingerprint density at radius 3 is 2.31 bits per heavy atom. The minimum absolute atomic E-state index is 0.0340. The van der Waals surface area contributed by atoms with Gasteiger partial charge < -0.3 is 9.13 Å². The predicted molar refractivity (Wildman–Crippen MR) is 113 cm³/mol. The summed E-state index contributed by atoms with van der Waals surface area (Å²) in [5.41, 5.74) is 0.140. The molecule has 0 saturated heterocycles. The van der Waals surface area contributed by atoms with Crippen molar-refractivity contribution in [1.82, 2.24) is 19.1 Å². The van der Waals surface area contributed by atoms with Crippen molar-refractivity contribution in [3.05, 3.63) is 35.0 Å². The molecular weight excluding hydrogens is 456 g/mol. The van der Waals surface area contributed by atoms with Crippen molar-refractivity contribution in [1.29, 1.82) is 0 Å². The van der Waals surface area contributed by atoms with Gasteiger partial charge in [-0.2, -0.15) is 26.3 Å². The summed E-state index contributed by atoms with van der Waals surface area (Å²) in [5, 5.41) is 0. The Morgan fingerprint density at radius 1 is 1.12 bits per heavy atom. The molecule has 12 heteroatoms. The summed E-state index contributed by atoms with van der Waals surface area (Å²) >= 11 is 1.38. The van der Waals surface area contributed by atoms with Crippen LogP contribution in [0.3, 0.4) is 0 Å². The van der Waals surface area contributed by atoms with Crippen LogP contribution in [0.1, 0.15) is 24.1 Å². The van der Waals surface area contributed by atoms with Crippen molar-refractivity contribution in [2.75, 3.05) is 5.75 Å². The largest absolute Gasteiger partial charge is 0.449 e. The van der Waals surface area contributed by atoms with E-state index >= 15 is 0 Å². The summed E-state index contributed by atoms with van der Waals surface area (Å²) in [5.74, 6) is -0.114. The molecular formula is C20H19F6N5S. The van der Waals surface area contributed by atoms with Gasteiger partial charge in [0.1, 0.15) is 11.5 Å². The molecule has 32 heavy (non-hydrogen) atoms. The molecule has 0 aliphatic carbocycles. The predicted octanol–water partition coefficient (Wildman–Crippen LogP) is 6.02. The maximum absolute atomic E-state index is 13.3. The summed E-state index contributed by atoms with van der Waals surface area (Å²) in [4.78, 5) is 11.8. The van der Waals surface area contributed by atoms with Crippen LogP contribution < -0.4 is 0 Å². The number of allylic oxidation sites excluding steroid dienone is 1. The highest BCUT2D eigenvalue weighted by molar-refractivity contribution is 7.99. The van der Waals surface area contributed by atoms with E-state index in [2.05, 4.69) is 21.7 Å². The molecule has 5 nitrogen and oxygen atoms in total. The van der Waals surface area contributed by atoms with E-state index in [1.807, 2.05) is 6.92 Å². The number of halogens is 6. The molecule has 2 heterocycles. The van der Waals surface area contributed by atoms with Gasteiger partial charge in [-0.1, -0.05) is 6.92 Å². The number of aryl methyl sites for hydroxylation is 1. The Bertz CT molecular complexity index is 1220. The fourth-order valence-electron chi connectivity index (χ4n) is 3.25.